The predicted octanol–water partition coefficient (Wildman–Crippen LogP) is 2.78. The molecule has 12 heavy (non-hydrogen) atoms. The van der Waals surface area contributed by atoms with Crippen LogP contribution in [0.15, 0.2) is 24.3 Å². The average molecular weight is 179 g/mol. The summed E-state index contributed by atoms with van der Waals surface area (Å²) in [5, 5.41) is 0. The highest BCUT2D eigenvalue weighted by Gasteiger charge is 2.03. The number of aryl methyl sites for hydroxylation is 1. The van der Waals surface area contributed by atoms with Gasteiger partial charge in [-0.15, -0.1) is 0 Å². The Labute approximate surface area is 79.0 Å². The predicted molar refractivity (Wildman–Crippen MR) is 57.9 cm³/mol. The number of rotatable bonds is 1. The zero-order valence-electron chi connectivity index (χ0n) is 7.66. The Morgan fingerprint density at radius 1 is 1.33 bits per heavy atom. The number of hydrogen-bond acceptors (Lipinski definition) is 1. The molecule has 0 spiro atoms. The summed E-state index contributed by atoms with van der Waals surface area (Å²) in [4.78, 5) is 2.91. The van der Waals surface area contributed by atoms with Gasteiger partial charge in [0.15, 0.2) is 0 Å². The fourth-order valence-electron chi connectivity index (χ4n) is 1.11. The van der Waals surface area contributed by atoms with Crippen LogP contribution in [0.2, 0.25) is 0 Å². The summed E-state index contributed by atoms with van der Waals surface area (Å²) in [6.07, 6.45) is 0. The summed E-state index contributed by atoms with van der Waals surface area (Å²) in [5.74, 6) is 0. The first-order chi connectivity index (χ1) is 5.63. The molecule has 0 aromatic heterocycles. The molecule has 1 aromatic carbocycles. The second kappa shape index (κ2) is 3.68. The van der Waals surface area contributed by atoms with Gasteiger partial charge in [-0.2, -0.15) is 0 Å². The topological polar surface area (TPSA) is 3.24 Å². The molecule has 1 rings (SSSR count). The lowest BCUT2D eigenvalue weighted by Crippen LogP contribution is -2.21. The molecule has 64 valence electrons. The second-order valence-corrected chi connectivity index (χ2v) is 3.46. The number of benzene rings is 1. The van der Waals surface area contributed by atoms with E-state index in [2.05, 4.69) is 19.1 Å². The third-order valence-corrected chi connectivity index (χ3v) is 2.22. The molecule has 0 bridgehead atoms. The van der Waals surface area contributed by atoms with Crippen molar-refractivity contribution in [2.45, 2.75) is 13.8 Å². The lowest BCUT2D eigenvalue weighted by Gasteiger charge is -2.19. The van der Waals surface area contributed by atoms with Gasteiger partial charge in [-0.05, 0) is 25.5 Å². The average Bonchev–Trinajstić information content (AvgIpc) is 2.04. The Balaban J connectivity index is 3.02. The van der Waals surface area contributed by atoms with Crippen molar-refractivity contribution < 1.29 is 0 Å². The first-order valence-corrected chi connectivity index (χ1v) is 4.33. The van der Waals surface area contributed by atoms with Gasteiger partial charge in [0.1, 0.15) is 0 Å². The second-order valence-electron chi connectivity index (χ2n) is 2.86. The molecule has 0 fully saturated rings. The van der Waals surface area contributed by atoms with Gasteiger partial charge in [0.05, 0.1) is 4.99 Å². The first-order valence-electron chi connectivity index (χ1n) is 3.93. The molecule has 0 amide bonds. The molecule has 0 saturated heterocycles. The first kappa shape index (κ1) is 9.20. The van der Waals surface area contributed by atoms with E-state index in [0.29, 0.717) is 0 Å². The van der Waals surface area contributed by atoms with Gasteiger partial charge >= 0.3 is 0 Å². The van der Waals surface area contributed by atoms with Gasteiger partial charge in [-0.1, -0.05) is 30.4 Å². The van der Waals surface area contributed by atoms with Crippen molar-refractivity contribution >= 4 is 22.9 Å². The Morgan fingerprint density at radius 3 is 2.42 bits per heavy atom. The molecular weight excluding hydrogens is 166 g/mol. The lowest BCUT2D eigenvalue weighted by molar-refractivity contribution is 1.24. The molecule has 0 unspecified atom stereocenters. The molecule has 0 atom stereocenters. The molecule has 1 nitrogen and oxygen atoms in total. The Hall–Kier alpha value is -0.890. The Morgan fingerprint density at radius 2 is 1.92 bits per heavy atom. The SMILES string of the molecule is CC(=S)N(C)c1ccccc1C. The summed E-state index contributed by atoms with van der Waals surface area (Å²) in [7, 11) is 1.99. The molecule has 0 N–H and O–H groups in total. The van der Waals surface area contributed by atoms with Crippen molar-refractivity contribution in [3.8, 4) is 0 Å². The van der Waals surface area contributed by atoms with Crippen molar-refractivity contribution in [2.24, 2.45) is 0 Å². The summed E-state index contributed by atoms with van der Waals surface area (Å²) >= 11 is 5.09. The molecule has 0 aliphatic carbocycles. The maximum atomic E-state index is 5.09. The largest absolute Gasteiger partial charge is 0.339 e. The minimum atomic E-state index is 0.893. The molecule has 0 radical (unpaired) electrons. The molecule has 0 aliphatic rings. The zero-order chi connectivity index (χ0) is 9.14. The number of nitrogens with zero attached hydrogens (tertiary/aromatic N) is 1. The maximum Gasteiger partial charge on any atom is 0.0789 e. The van der Waals surface area contributed by atoms with Crippen molar-refractivity contribution in [3.05, 3.63) is 29.8 Å². The van der Waals surface area contributed by atoms with Gasteiger partial charge in [-0.3, -0.25) is 0 Å². The van der Waals surface area contributed by atoms with E-state index in [1.54, 1.807) is 0 Å². The van der Waals surface area contributed by atoms with Crippen LogP contribution < -0.4 is 4.90 Å². The van der Waals surface area contributed by atoms with Crippen molar-refractivity contribution in [1.82, 2.24) is 0 Å². The van der Waals surface area contributed by atoms with E-state index in [4.69, 9.17) is 12.2 Å². The van der Waals surface area contributed by atoms with Crippen molar-refractivity contribution in [2.75, 3.05) is 11.9 Å². The van der Waals surface area contributed by atoms with Gasteiger partial charge in [0.2, 0.25) is 0 Å². The van der Waals surface area contributed by atoms with E-state index in [1.807, 2.05) is 31.0 Å². The third kappa shape index (κ3) is 1.83. The van der Waals surface area contributed by atoms with Crippen LogP contribution in [0, 0.1) is 6.92 Å². The molecule has 0 saturated carbocycles. The number of hydrogen-bond donors (Lipinski definition) is 0. The van der Waals surface area contributed by atoms with E-state index in [1.165, 1.54) is 11.3 Å². The Kier molecular flexibility index (Phi) is 2.82. The van der Waals surface area contributed by atoms with Gasteiger partial charge in [0.25, 0.3) is 0 Å². The van der Waals surface area contributed by atoms with Crippen LogP contribution >= 0.6 is 12.2 Å². The normalized spacial score (nSPS) is 9.58. The molecule has 1 aromatic rings. The number of anilines is 1. The smallest absolute Gasteiger partial charge is 0.0789 e. The monoisotopic (exact) mass is 179 g/mol. The highest BCUT2D eigenvalue weighted by Crippen LogP contribution is 2.17. The highest BCUT2D eigenvalue weighted by atomic mass is 32.1. The van der Waals surface area contributed by atoms with Crippen LogP contribution in [-0.2, 0) is 0 Å². The van der Waals surface area contributed by atoms with E-state index >= 15 is 0 Å². The fraction of sp³-hybridized carbons (Fsp3) is 0.300. The third-order valence-electron chi connectivity index (χ3n) is 1.95. The van der Waals surface area contributed by atoms with Gasteiger partial charge < -0.3 is 4.90 Å². The zero-order valence-corrected chi connectivity index (χ0v) is 8.48. The van der Waals surface area contributed by atoms with Crippen LogP contribution in [0.1, 0.15) is 12.5 Å². The van der Waals surface area contributed by atoms with Gasteiger partial charge in [-0.25, -0.2) is 0 Å². The molecular formula is C10H13NS. The van der Waals surface area contributed by atoms with Crippen LogP contribution in [0.5, 0.6) is 0 Å². The Bertz CT molecular complexity index is 294. The lowest BCUT2D eigenvalue weighted by atomic mass is 10.2. The standard InChI is InChI=1S/C10H13NS/c1-8-6-4-5-7-10(8)11(3)9(2)12/h4-7H,1-3H3. The molecule has 2 heteroatoms. The number of thiocarbonyl (C=S) groups is 1. The van der Waals surface area contributed by atoms with E-state index in [0.717, 1.165) is 4.99 Å². The quantitative estimate of drug-likeness (QED) is 0.610. The van der Waals surface area contributed by atoms with Crippen molar-refractivity contribution in [1.29, 1.82) is 0 Å². The van der Waals surface area contributed by atoms with Gasteiger partial charge in [0, 0.05) is 12.7 Å². The van der Waals surface area contributed by atoms with Crippen LogP contribution in [-0.4, -0.2) is 12.0 Å². The van der Waals surface area contributed by atoms with E-state index in [9.17, 15) is 0 Å². The molecule has 0 aliphatic heterocycles. The highest BCUT2D eigenvalue weighted by molar-refractivity contribution is 7.80. The fourth-order valence-corrected chi connectivity index (χ4v) is 1.21. The maximum absolute atomic E-state index is 5.09. The van der Waals surface area contributed by atoms with E-state index in [-0.39, 0.29) is 0 Å². The van der Waals surface area contributed by atoms with E-state index < -0.39 is 0 Å². The summed E-state index contributed by atoms with van der Waals surface area (Å²) in [6, 6.07) is 8.22. The number of para-hydroxylation sites is 1. The van der Waals surface area contributed by atoms with Crippen LogP contribution in [0.4, 0.5) is 5.69 Å². The summed E-state index contributed by atoms with van der Waals surface area (Å²) in [5.41, 5.74) is 2.44. The van der Waals surface area contributed by atoms with Crippen molar-refractivity contribution in [3.63, 3.8) is 0 Å². The summed E-state index contributed by atoms with van der Waals surface area (Å²) in [6.45, 7) is 4.02. The van der Waals surface area contributed by atoms with Crippen LogP contribution in [0.3, 0.4) is 0 Å². The summed E-state index contributed by atoms with van der Waals surface area (Å²) < 4.78 is 0. The minimum Gasteiger partial charge on any atom is -0.339 e. The minimum absolute atomic E-state index is 0.893. The molecule has 0 heterocycles. The van der Waals surface area contributed by atoms with Crippen LogP contribution in [0.25, 0.3) is 0 Å².